The second kappa shape index (κ2) is 7.15. The highest BCUT2D eigenvalue weighted by atomic mass is 35.5. The third kappa shape index (κ3) is 4.23. The van der Waals surface area contributed by atoms with E-state index in [9.17, 15) is 4.79 Å². The number of aryl methyl sites for hydroxylation is 1. The minimum Gasteiger partial charge on any atom is -0.397 e. The van der Waals surface area contributed by atoms with Crippen LogP contribution in [0.4, 0.5) is 17.2 Å². The molecule has 0 saturated heterocycles. The minimum atomic E-state index is -0.271. The maximum atomic E-state index is 12.1. The molecule has 3 N–H and O–H groups in total. The molecule has 23 heavy (non-hydrogen) atoms. The van der Waals surface area contributed by atoms with Gasteiger partial charge < -0.3 is 16.0 Å². The minimum absolute atomic E-state index is 0.271. The number of carbonyl (C=O) groups excluding carboxylic acids is 1. The Hall–Kier alpha value is -2.53. The highest BCUT2D eigenvalue weighted by Crippen LogP contribution is 2.26. The van der Waals surface area contributed by atoms with Crippen LogP contribution in [0.25, 0.3) is 6.08 Å². The van der Waals surface area contributed by atoms with Crippen molar-refractivity contribution in [2.24, 2.45) is 0 Å². The fraction of sp³-hybridized carbons (Fsp3) is 0.176. The molecule has 1 heterocycles. The molecule has 1 aromatic heterocycles. The predicted molar refractivity (Wildman–Crippen MR) is 96.8 cm³/mol. The maximum absolute atomic E-state index is 12.1. The van der Waals surface area contributed by atoms with E-state index in [2.05, 4.69) is 10.3 Å². The summed E-state index contributed by atoms with van der Waals surface area (Å²) < 4.78 is 0. The van der Waals surface area contributed by atoms with E-state index < -0.39 is 0 Å². The van der Waals surface area contributed by atoms with E-state index in [1.165, 1.54) is 6.08 Å². The summed E-state index contributed by atoms with van der Waals surface area (Å²) >= 11 is 5.99. The predicted octanol–water partition coefficient (Wildman–Crippen LogP) is 3.34. The van der Waals surface area contributed by atoms with Gasteiger partial charge in [0.05, 0.1) is 11.4 Å². The first kappa shape index (κ1) is 16.8. The summed E-state index contributed by atoms with van der Waals surface area (Å²) in [6, 6.07) is 7.10. The van der Waals surface area contributed by atoms with Gasteiger partial charge >= 0.3 is 0 Å². The SMILES string of the molecule is Cc1cc(NC(=O)/C=C/c2cccnc2N(C)C)c(N)cc1Cl. The lowest BCUT2D eigenvalue weighted by Crippen LogP contribution is -2.12. The maximum Gasteiger partial charge on any atom is 0.248 e. The number of nitrogens with two attached hydrogens (primary N) is 1. The molecule has 1 aromatic carbocycles. The topological polar surface area (TPSA) is 71.2 Å². The van der Waals surface area contributed by atoms with Crippen molar-refractivity contribution in [2.75, 3.05) is 30.0 Å². The molecular formula is C17H19ClN4O. The quantitative estimate of drug-likeness (QED) is 0.666. The largest absolute Gasteiger partial charge is 0.397 e. The zero-order chi connectivity index (χ0) is 17.0. The van der Waals surface area contributed by atoms with Crippen LogP contribution in [0.3, 0.4) is 0 Å². The van der Waals surface area contributed by atoms with Gasteiger partial charge in [0.15, 0.2) is 0 Å². The molecular weight excluding hydrogens is 312 g/mol. The van der Waals surface area contributed by atoms with Crippen molar-refractivity contribution < 1.29 is 4.79 Å². The average Bonchev–Trinajstić information content (AvgIpc) is 2.50. The Kier molecular flexibility index (Phi) is 5.24. The Balaban J connectivity index is 2.16. The normalized spacial score (nSPS) is 10.8. The number of rotatable bonds is 4. The number of aromatic nitrogens is 1. The number of nitrogen functional groups attached to an aromatic ring is 1. The van der Waals surface area contributed by atoms with Gasteiger partial charge in [-0.05, 0) is 42.8 Å². The van der Waals surface area contributed by atoms with E-state index in [1.807, 2.05) is 38.1 Å². The molecule has 0 aliphatic heterocycles. The number of pyridine rings is 1. The molecule has 0 spiro atoms. The smallest absolute Gasteiger partial charge is 0.248 e. The number of amides is 1. The van der Waals surface area contributed by atoms with Gasteiger partial charge in [0.2, 0.25) is 5.91 Å². The van der Waals surface area contributed by atoms with Gasteiger partial charge in [-0.1, -0.05) is 11.6 Å². The molecule has 120 valence electrons. The second-order valence-corrected chi connectivity index (χ2v) is 5.73. The molecule has 5 nitrogen and oxygen atoms in total. The van der Waals surface area contributed by atoms with Crippen LogP contribution in [0.15, 0.2) is 36.5 Å². The number of nitrogens with one attached hydrogen (secondary N) is 1. The van der Waals surface area contributed by atoms with Crippen LogP contribution in [0.1, 0.15) is 11.1 Å². The average molecular weight is 331 g/mol. The molecule has 1 amide bonds. The van der Waals surface area contributed by atoms with Crippen LogP contribution in [0.2, 0.25) is 5.02 Å². The van der Waals surface area contributed by atoms with Crippen LogP contribution in [-0.2, 0) is 4.79 Å². The number of halogens is 1. The number of hydrogen-bond acceptors (Lipinski definition) is 4. The number of benzene rings is 1. The summed E-state index contributed by atoms with van der Waals surface area (Å²) in [6.07, 6.45) is 4.88. The third-order valence-electron chi connectivity index (χ3n) is 3.24. The number of nitrogens with zero attached hydrogens (tertiary/aromatic N) is 2. The van der Waals surface area contributed by atoms with Crippen LogP contribution < -0.4 is 16.0 Å². The van der Waals surface area contributed by atoms with Gasteiger partial charge in [-0.25, -0.2) is 4.98 Å². The lowest BCUT2D eigenvalue weighted by atomic mass is 10.2. The first-order chi connectivity index (χ1) is 10.9. The monoisotopic (exact) mass is 330 g/mol. The second-order valence-electron chi connectivity index (χ2n) is 5.32. The molecule has 0 saturated carbocycles. The van der Waals surface area contributed by atoms with Crippen molar-refractivity contribution in [2.45, 2.75) is 6.92 Å². The van der Waals surface area contributed by atoms with Gasteiger partial charge in [0, 0.05) is 37.0 Å². The van der Waals surface area contributed by atoms with Crippen molar-refractivity contribution in [1.82, 2.24) is 4.98 Å². The Morgan fingerprint density at radius 1 is 1.39 bits per heavy atom. The first-order valence-corrected chi connectivity index (χ1v) is 7.43. The number of anilines is 3. The van der Waals surface area contributed by atoms with E-state index in [-0.39, 0.29) is 5.91 Å². The number of hydrogen-bond donors (Lipinski definition) is 2. The number of carbonyl (C=O) groups is 1. The molecule has 0 unspecified atom stereocenters. The Labute approximate surface area is 140 Å². The summed E-state index contributed by atoms with van der Waals surface area (Å²) in [5.41, 5.74) is 8.54. The van der Waals surface area contributed by atoms with Crippen molar-refractivity contribution in [3.05, 3.63) is 52.7 Å². The fourth-order valence-corrected chi connectivity index (χ4v) is 2.23. The molecule has 2 rings (SSSR count). The van der Waals surface area contributed by atoms with Crippen LogP contribution in [0, 0.1) is 6.92 Å². The third-order valence-corrected chi connectivity index (χ3v) is 3.65. The van der Waals surface area contributed by atoms with Crippen LogP contribution in [-0.4, -0.2) is 25.0 Å². The van der Waals surface area contributed by atoms with Crippen molar-refractivity contribution in [1.29, 1.82) is 0 Å². The summed E-state index contributed by atoms with van der Waals surface area (Å²) in [4.78, 5) is 18.3. The van der Waals surface area contributed by atoms with E-state index in [0.717, 1.165) is 16.9 Å². The van der Waals surface area contributed by atoms with E-state index in [4.69, 9.17) is 17.3 Å². The highest BCUT2D eigenvalue weighted by molar-refractivity contribution is 6.31. The van der Waals surface area contributed by atoms with Gasteiger partial charge in [-0.15, -0.1) is 0 Å². The standard InChI is InChI=1S/C17H19ClN4O/c1-11-9-15(14(19)10-13(11)18)21-16(23)7-6-12-5-4-8-20-17(12)22(2)3/h4-10H,19H2,1-3H3,(H,21,23)/b7-6+. The Morgan fingerprint density at radius 3 is 2.83 bits per heavy atom. The van der Waals surface area contributed by atoms with E-state index in [1.54, 1.807) is 24.4 Å². The lowest BCUT2D eigenvalue weighted by molar-refractivity contribution is -0.111. The van der Waals surface area contributed by atoms with Gasteiger partial charge in [-0.3, -0.25) is 4.79 Å². The van der Waals surface area contributed by atoms with Gasteiger partial charge in [0.25, 0.3) is 0 Å². The van der Waals surface area contributed by atoms with Crippen LogP contribution in [0.5, 0.6) is 0 Å². The summed E-state index contributed by atoms with van der Waals surface area (Å²) in [5.74, 6) is 0.519. The molecule has 0 aliphatic carbocycles. The first-order valence-electron chi connectivity index (χ1n) is 7.05. The Bertz CT molecular complexity index is 756. The molecule has 0 bridgehead atoms. The molecule has 2 aromatic rings. The lowest BCUT2D eigenvalue weighted by Gasteiger charge is -2.13. The fourth-order valence-electron chi connectivity index (χ4n) is 2.06. The molecule has 0 fully saturated rings. The zero-order valence-electron chi connectivity index (χ0n) is 13.3. The van der Waals surface area contributed by atoms with Gasteiger partial charge in [0.1, 0.15) is 5.82 Å². The van der Waals surface area contributed by atoms with Crippen molar-refractivity contribution in [3.63, 3.8) is 0 Å². The zero-order valence-corrected chi connectivity index (χ0v) is 14.1. The molecule has 0 aliphatic rings. The molecule has 0 radical (unpaired) electrons. The van der Waals surface area contributed by atoms with E-state index in [0.29, 0.717) is 16.4 Å². The Morgan fingerprint density at radius 2 is 2.13 bits per heavy atom. The summed E-state index contributed by atoms with van der Waals surface area (Å²) in [7, 11) is 3.80. The molecule has 6 heteroatoms. The van der Waals surface area contributed by atoms with Crippen molar-refractivity contribution in [3.8, 4) is 0 Å². The summed E-state index contributed by atoms with van der Waals surface area (Å²) in [5, 5.41) is 3.33. The summed E-state index contributed by atoms with van der Waals surface area (Å²) in [6.45, 7) is 1.85. The van der Waals surface area contributed by atoms with Crippen molar-refractivity contribution >= 4 is 40.8 Å². The van der Waals surface area contributed by atoms with E-state index >= 15 is 0 Å². The van der Waals surface area contributed by atoms with Crippen LogP contribution >= 0.6 is 11.6 Å². The molecule has 0 atom stereocenters. The highest BCUT2D eigenvalue weighted by Gasteiger charge is 2.07. The van der Waals surface area contributed by atoms with Gasteiger partial charge in [-0.2, -0.15) is 0 Å².